The Bertz CT molecular complexity index is 473. The Labute approximate surface area is 109 Å². The molecule has 1 aromatic heterocycles. The summed E-state index contributed by atoms with van der Waals surface area (Å²) in [6.45, 7) is 2.28. The van der Waals surface area contributed by atoms with E-state index >= 15 is 0 Å². The molecular weight excluding hydrogens is 253 g/mol. The minimum absolute atomic E-state index is 0.00168. The molecule has 2 rings (SSSR count). The highest BCUT2D eigenvalue weighted by Crippen LogP contribution is 2.19. The van der Waals surface area contributed by atoms with Crippen LogP contribution in [0, 0.1) is 5.82 Å². The molecule has 0 aromatic carbocycles. The fourth-order valence-corrected chi connectivity index (χ4v) is 2.01. The number of hydrogen-bond acceptors (Lipinski definition) is 5. The molecule has 2 atom stereocenters. The van der Waals surface area contributed by atoms with Gasteiger partial charge in [-0.15, -0.1) is 0 Å². The van der Waals surface area contributed by atoms with Crippen molar-refractivity contribution >= 4 is 11.7 Å². The van der Waals surface area contributed by atoms with Crippen LogP contribution in [0.25, 0.3) is 0 Å². The number of β-amino-alcohol motifs (C(OH)–C–C–N with tert-alkyl or cyclic N) is 2. The van der Waals surface area contributed by atoms with Crippen molar-refractivity contribution in [1.82, 2.24) is 9.88 Å². The van der Waals surface area contributed by atoms with Crippen molar-refractivity contribution in [2.75, 3.05) is 25.0 Å². The zero-order valence-corrected chi connectivity index (χ0v) is 10.5. The monoisotopic (exact) mass is 269 g/mol. The van der Waals surface area contributed by atoms with Crippen molar-refractivity contribution in [3.63, 3.8) is 0 Å². The van der Waals surface area contributed by atoms with Crippen LogP contribution in [0.1, 0.15) is 17.3 Å². The second-order valence-corrected chi connectivity index (χ2v) is 4.40. The molecule has 1 amide bonds. The molecule has 3 N–H and O–H groups in total. The number of rotatable bonds is 3. The van der Waals surface area contributed by atoms with E-state index in [1.165, 1.54) is 17.2 Å². The van der Waals surface area contributed by atoms with E-state index < -0.39 is 23.9 Å². The van der Waals surface area contributed by atoms with E-state index in [2.05, 4.69) is 10.3 Å². The largest absolute Gasteiger partial charge is 0.388 e. The van der Waals surface area contributed by atoms with Gasteiger partial charge in [-0.1, -0.05) is 0 Å². The average molecular weight is 269 g/mol. The predicted molar refractivity (Wildman–Crippen MR) is 66.3 cm³/mol. The molecule has 0 radical (unpaired) electrons. The van der Waals surface area contributed by atoms with Gasteiger partial charge in [0.25, 0.3) is 5.91 Å². The second kappa shape index (κ2) is 5.50. The highest BCUT2D eigenvalue weighted by atomic mass is 19.1. The summed E-state index contributed by atoms with van der Waals surface area (Å²) in [6, 6.07) is 1.29. The van der Waals surface area contributed by atoms with Crippen LogP contribution < -0.4 is 5.32 Å². The molecule has 0 aliphatic carbocycles. The van der Waals surface area contributed by atoms with Gasteiger partial charge in [-0.25, -0.2) is 9.37 Å². The number of carbonyl (C=O) groups is 1. The van der Waals surface area contributed by atoms with Crippen LogP contribution in [0.5, 0.6) is 0 Å². The predicted octanol–water partition coefficient (Wildman–Crippen LogP) is -0.170. The first-order chi connectivity index (χ1) is 9.04. The van der Waals surface area contributed by atoms with Crippen molar-refractivity contribution in [3.8, 4) is 0 Å². The molecule has 2 heterocycles. The summed E-state index contributed by atoms with van der Waals surface area (Å²) in [5.74, 6) is -1.26. The first-order valence-electron chi connectivity index (χ1n) is 6.08. The number of likely N-dealkylation sites (tertiary alicyclic amines) is 1. The number of aromatic nitrogens is 1. The van der Waals surface area contributed by atoms with Gasteiger partial charge in [0.05, 0.1) is 17.8 Å². The van der Waals surface area contributed by atoms with E-state index in [9.17, 15) is 19.4 Å². The minimum atomic E-state index is -0.984. The van der Waals surface area contributed by atoms with Crippen LogP contribution in [0.4, 0.5) is 10.2 Å². The summed E-state index contributed by atoms with van der Waals surface area (Å²) in [4.78, 5) is 17.2. The van der Waals surface area contributed by atoms with Gasteiger partial charge in [-0.3, -0.25) is 4.79 Å². The van der Waals surface area contributed by atoms with Crippen LogP contribution >= 0.6 is 0 Å². The average Bonchev–Trinajstić information content (AvgIpc) is 2.72. The number of aliphatic hydroxyl groups excluding tert-OH is 2. The standard InChI is InChI=1S/C12H16FN3O3/c1-2-14-11-10(13)7(3-4-15-11)12(19)16-5-8(17)9(18)6-16/h3-4,8-9,17-18H,2,5-6H2,1H3,(H,14,15). The third-order valence-electron chi connectivity index (χ3n) is 3.01. The molecule has 0 bridgehead atoms. The van der Waals surface area contributed by atoms with Gasteiger partial charge in [-0.05, 0) is 13.0 Å². The number of aliphatic hydroxyl groups is 2. The number of nitrogens with zero attached hydrogens (tertiary/aromatic N) is 2. The summed E-state index contributed by atoms with van der Waals surface area (Å²) < 4.78 is 14.1. The zero-order valence-electron chi connectivity index (χ0n) is 10.5. The molecule has 104 valence electrons. The summed E-state index contributed by atoms with van der Waals surface area (Å²) in [5.41, 5.74) is -0.118. The Hall–Kier alpha value is -1.73. The van der Waals surface area contributed by atoms with Gasteiger partial charge in [0, 0.05) is 25.8 Å². The Balaban J connectivity index is 2.22. The van der Waals surface area contributed by atoms with Crippen molar-refractivity contribution in [3.05, 3.63) is 23.6 Å². The first kappa shape index (κ1) is 13.7. The molecular formula is C12H16FN3O3. The van der Waals surface area contributed by atoms with Crippen molar-refractivity contribution < 1.29 is 19.4 Å². The van der Waals surface area contributed by atoms with E-state index in [4.69, 9.17) is 0 Å². The van der Waals surface area contributed by atoms with E-state index in [1.54, 1.807) is 6.92 Å². The summed E-state index contributed by atoms with van der Waals surface area (Å²) in [7, 11) is 0. The lowest BCUT2D eigenvalue weighted by molar-refractivity contribution is 0.0572. The third-order valence-corrected chi connectivity index (χ3v) is 3.01. The second-order valence-electron chi connectivity index (χ2n) is 4.40. The third kappa shape index (κ3) is 2.66. The number of pyridine rings is 1. The Morgan fingerprint density at radius 1 is 1.53 bits per heavy atom. The van der Waals surface area contributed by atoms with Gasteiger partial charge in [-0.2, -0.15) is 0 Å². The van der Waals surface area contributed by atoms with Gasteiger partial charge in [0.15, 0.2) is 11.6 Å². The van der Waals surface area contributed by atoms with Crippen LogP contribution in [0.15, 0.2) is 12.3 Å². The molecule has 1 aliphatic rings. The van der Waals surface area contributed by atoms with Crippen LogP contribution in [-0.4, -0.2) is 57.8 Å². The molecule has 0 spiro atoms. The van der Waals surface area contributed by atoms with Crippen molar-refractivity contribution in [2.45, 2.75) is 19.1 Å². The number of halogens is 1. The fourth-order valence-electron chi connectivity index (χ4n) is 2.01. The highest BCUT2D eigenvalue weighted by Gasteiger charge is 2.34. The molecule has 1 saturated heterocycles. The van der Waals surface area contributed by atoms with E-state index in [0.29, 0.717) is 6.54 Å². The van der Waals surface area contributed by atoms with Gasteiger partial charge < -0.3 is 20.4 Å². The summed E-state index contributed by atoms with van der Waals surface area (Å²) >= 11 is 0. The molecule has 1 fully saturated rings. The maximum Gasteiger partial charge on any atom is 0.257 e. The molecule has 1 aliphatic heterocycles. The van der Waals surface area contributed by atoms with E-state index in [0.717, 1.165) is 0 Å². The number of amides is 1. The zero-order chi connectivity index (χ0) is 14.0. The van der Waals surface area contributed by atoms with E-state index in [1.807, 2.05) is 0 Å². The lowest BCUT2D eigenvalue weighted by Crippen LogP contribution is -2.30. The Kier molecular flexibility index (Phi) is 3.96. The molecule has 2 unspecified atom stereocenters. The maximum atomic E-state index is 14.1. The maximum absolute atomic E-state index is 14.1. The Morgan fingerprint density at radius 2 is 2.16 bits per heavy atom. The molecule has 0 saturated carbocycles. The van der Waals surface area contributed by atoms with Crippen molar-refractivity contribution in [1.29, 1.82) is 0 Å². The van der Waals surface area contributed by atoms with Crippen LogP contribution in [-0.2, 0) is 0 Å². The Morgan fingerprint density at radius 3 is 2.74 bits per heavy atom. The van der Waals surface area contributed by atoms with E-state index in [-0.39, 0.29) is 24.5 Å². The lowest BCUT2D eigenvalue weighted by Gasteiger charge is -2.16. The summed E-state index contributed by atoms with van der Waals surface area (Å²) in [6.07, 6.45) is -0.624. The van der Waals surface area contributed by atoms with Gasteiger partial charge in [0.1, 0.15) is 0 Å². The van der Waals surface area contributed by atoms with Crippen LogP contribution in [0.2, 0.25) is 0 Å². The molecule has 6 nitrogen and oxygen atoms in total. The SMILES string of the molecule is CCNc1nccc(C(=O)N2CC(O)C(O)C2)c1F. The molecule has 7 heteroatoms. The smallest absolute Gasteiger partial charge is 0.257 e. The fraction of sp³-hybridized carbons (Fsp3) is 0.500. The number of hydrogen-bond donors (Lipinski definition) is 3. The normalized spacial score (nSPS) is 22.6. The first-order valence-corrected chi connectivity index (χ1v) is 6.08. The number of nitrogens with one attached hydrogen (secondary N) is 1. The quantitative estimate of drug-likeness (QED) is 0.709. The summed E-state index contributed by atoms with van der Waals surface area (Å²) in [5, 5.41) is 21.5. The van der Waals surface area contributed by atoms with Gasteiger partial charge in [0.2, 0.25) is 0 Å². The highest BCUT2D eigenvalue weighted by molar-refractivity contribution is 5.95. The van der Waals surface area contributed by atoms with Gasteiger partial charge >= 0.3 is 0 Å². The number of anilines is 1. The molecule has 1 aromatic rings. The molecule has 19 heavy (non-hydrogen) atoms. The topological polar surface area (TPSA) is 85.7 Å². The number of carbonyl (C=O) groups excluding carboxylic acids is 1. The minimum Gasteiger partial charge on any atom is -0.388 e. The van der Waals surface area contributed by atoms with Crippen LogP contribution in [0.3, 0.4) is 0 Å². The lowest BCUT2D eigenvalue weighted by atomic mass is 10.2. The van der Waals surface area contributed by atoms with Crippen molar-refractivity contribution in [2.24, 2.45) is 0 Å².